The predicted octanol–water partition coefficient (Wildman–Crippen LogP) is -0.453. The molecule has 0 aromatic rings. The number of rotatable bonds is 12. The zero-order valence-electron chi connectivity index (χ0n) is 14.6. The molecule has 3 amide bonds. The van der Waals surface area contributed by atoms with Crippen LogP contribution in [-0.4, -0.2) is 86.7 Å². The second kappa shape index (κ2) is 11.0. The number of likely N-dealkylation sites (tertiary alicyclic amines) is 1. The minimum absolute atomic E-state index is 0.0960. The maximum Gasteiger partial charge on any atom is 0.253 e. The van der Waals surface area contributed by atoms with Gasteiger partial charge in [-0.05, 0) is 25.9 Å². The summed E-state index contributed by atoms with van der Waals surface area (Å²) in [5, 5.41) is 2.69. The summed E-state index contributed by atoms with van der Waals surface area (Å²) in [6.45, 7) is 6.01. The molecular formula is C17H27N3O5. The van der Waals surface area contributed by atoms with E-state index in [2.05, 4.69) is 10.2 Å². The number of carbonyl (C=O) groups is 3. The Bertz CT molecular complexity index is 471. The van der Waals surface area contributed by atoms with Crippen LogP contribution in [0.3, 0.4) is 0 Å². The van der Waals surface area contributed by atoms with Gasteiger partial charge >= 0.3 is 0 Å². The van der Waals surface area contributed by atoms with Crippen molar-refractivity contribution in [3.8, 4) is 0 Å². The standard InChI is InChI=1S/C17H27N3O5/c21-15(5-9-20-16(22)3-4-17(20)23)18-6-11-24-13-14-25-12-10-19-7-1-2-8-19/h3-4H,1-2,5-14H2,(H,18,21). The van der Waals surface area contributed by atoms with Gasteiger partial charge in [0, 0.05) is 38.2 Å². The first-order chi connectivity index (χ1) is 12.2. The molecule has 0 aromatic heterocycles. The van der Waals surface area contributed by atoms with E-state index < -0.39 is 0 Å². The number of nitrogens with one attached hydrogen (secondary N) is 1. The average molecular weight is 353 g/mol. The number of hydrogen-bond donors (Lipinski definition) is 1. The topological polar surface area (TPSA) is 88.2 Å². The molecule has 1 N–H and O–H groups in total. The highest BCUT2D eigenvalue weighted by Gasteiger charge is 2.23. The predicted molar refractivity (Wildman–Crippen MR) is 90.8 cm³/mol. The fourth-order valence-electron chi connectivity index (χ4n) is 2.74. The van der Waals surface area contributed by atoms with Gasteiger partial charge in [0.2, 0.25) is 5.91 Å². The Morgan fingerprint density at radius 1 is 0.960 bits per heavy atom. The molecule has 0 aromatic carbocycles. The van der Waals surface area contributed by atoms with Crippen LogP contribution in [0.2, 0.25) is 0 Å². The molecule has 1 fully saturated rings. The van der Waals surface area contributed by atoms with Gasteiger partial charge in [-0.2, -0.15) is 0 Å². The third-order valence-corrected chi connectivity index (χ3v) is 4.15. The molecule has 2 heterocycles. The summed E-state index contributed by atoms with van der Waals surface area (Å²) in [6.07, 6.45) is 5.09. The van der Waals surface area contributed by atoms with Gasteiger partial charge in [-0.1, -0.05) is 0 Å². The average Bonchev–Trinajstić information content (AvgIpc) is 3.22. The van der Waals surface area contributed by atoms with E-state index in [1.165, 1.54) is 38.1 Å². The SMILES string of the molecule is O=C(CCN1C(=O)C=CC1=O)NCCOCCOCCN1CCCC1. The van der Waals surface area contributed by atoms with Crippen LogP contribution in [0.5, 0.6) is 0 Å². The molecule has 0 saturated carbocycles. The van der Waals surface area contributed by atoms with Crippen molar-refractivity contribution in [3.63, 3.8) is 0 Å². The van der Waals surface area contributed by atoms with Gasteiger partial charge in [0.1, 0.15) is 0 Å². The van der Waals surface area contributed by atoms with Crippen molar-refractivity contribution in [2.75, 3.05) is 59.2 Å². The third-order valence-electron chi connectivity index (χ3n) is 4.15. The van der Waals surface area contributed by atoms with Gasteiger partial charge in [0.25, 0.3) is 11.8 Å². The quantitative estimate of drug-likeness (QED) is 0.378. The Hall–Kier alpha value is -1.77. The summed E-state index contributed by atoms with van der Waals surface area (Å²) in [5.74, 6) is -0.949. The highest BCUT2D eigenvalue weighted by Crippen LogP contribution is 2.06. The molecule has 0 unspecified atom stereocenters. The maximum atomic E-state index is 11.6. The zero-order chi connectivity index (χ0) is 17.9. The summed E-state index contributed by atoms with van der Waals surface area (Å²) >= 11 is 0. The van der Waals surface area contributed by atoms with Crippen LogP contribution < -0.4 is 5.32 Å². The molecular weight excluding hydrogens is 326 g/mol. The third kappa shape index (κ3) is 7.33. The van der Waals surface area contributed by atoms with E-state index in [4.69, 9.17) is 9.47 Å². The molecule has 2 aliphatic rings. The lowest BCUT2D eigenvalue weighted by Crippen LogP contribution is -2.35. The van der Waals surface area contributed by atoms with Crippen LogP contribution in [0, 0.1) is 0 Å². The van der Waals surface area contributed by atoms with Crippen molar-refractivity contribution in [3.05, 3.63) is 12.2 Å². The Balaban J connectivity index is 1.37. The smallest absolute Gasteiger partial charge is 0.253 e. The molecule has 8 nitrogen and oxygen atoms in total. The number of hydrogen-bond acceptors (Lipinski definition) is 6. The normalized spacial score (nSPS) is 17.7. The molecule has 0 spiro atoms. The molecule has 0 radical (unpaired) electrons. The van der Waals surface area contributed by atoms with E-state index in [-0.39, 0.29) is 30.7 Å². The number of imide groups is 1. The van der Waals surface area contributed by atoms with Crippen molar-refractivity contribution < 1.29 is 23.9 Å². The second-order valence-corrected chi connectivity index (χ2v) is 6.03. The van der Waals surface area contributed by atoms with Gasteiger partial charge in [-0.15, -0.1) is 0 Å². The Labute approximate surface area is 148 Å². The molecule has 25 heavy (non-hydrogen) atoms. The largest absolute Gasteiger partial charge is 0.378 e. The van der Waals surface area contributed by atoms with Gasteiger partial charge in [-0.25, -0.2) is 0 Å². The van der Waals surface area contributed by atoms with Crippen molar-refractivity contribution in [2.45, 2.75) is 19.3 Å². The van der Waals surface area contributed by atoms with Gasteiger partial charge in [0.05, 0.1) is 26.4 Å². The van der Waals surface area contributed by atoms with Crippen molar-refractivity contribution >= 4 is 17.7 Å². The van der Waals surface area contributed by atoms with Gasteiger partial charge in [0.15, 0.2) is 0 Å². The second-order valence-electron chi connectivity index (χ2n) is 6.03. The summed E-state index contributed by atoms with van der Waals surface area (Å²) < 4.78 is 10.9. The monoisotopic (exact) mass is 353 g/mol. The van der Waals surface area contributed by atoms with E-state index in [1.807, 2.05) is 0 Å². The van der Waals surface area contributed by atoms with Crippen LogP contribution in [0.15, 0.2) is 12.2 Å². The molecule has 0 atom stereocenters. The Morgan fingerprint density at radius 2 is 1.60 bits per heavy atom. The lowest BCUT2D eigenvalue weighted by Gasteiger charge is -2.14. The fraction of sp³-hybridized carbons (Fsp3) is 0.706. The van der Waals surface area contributed by atoms with Crippen LogP contribution in [-0.2, 0) is 23.9 Å². The first-order valence-electron chi connectivity index (χ1n) is 8.85. The highest BCUT2D eigenvalue weighted by atomic mass is 16.5. The fourth-order valence-corrected chi connectivity index (χ4v) is 2.74. The van der Waals surface area contributed by atoms with E-state index >= 15 is 0 Å². The van der Waals surface area contributed by atoms with E-state index in [1.54, 1.807) is 0 Å². The van der Waals surface area contributed by atoms with Crippen molar-refractivity contribution in [2.24, 2.45) is 0 Å². The molecule has 2 aliphatic heterocycles. The molecule has 140 valence electrons. The van der Waals surface area contributed by atoms with Crippen LogP contribution in [0.4, 0.5) is 0 Å². The maximum absolute atomic E-state index is 11.6. The summed E-state index contributed by atoms with van der Waals surface area (Å²) in [4.78, 5) is 37.8. The zero-order valence-corrected chi connectivity index (χ0v) is 14.6. The van der Waals surface area contributed by atoms with Gasteiger partial charge < -0.3 is 19.7 Å². The lowest BCUT2D eigenvalue weighted by molar-refractivity contribution is -0.137. The molecule has 2 rings (SSSR count). The number of nitrogens with zero attached hydrogens (tertiary/aromatic N) is 2. The van der Waals surface area contributed by atoms with Crippen molar-refractivity contribution in [1.82, 2.24) is 15.1 Å². The highest BCUT2D eigenvalue weighted by molar-refractivity contribution is 6.13. The number of carbonyl (C=O) groups excluding carboxylic acids is 3. The lowest BCUT2D eigenvalue weighted by atomic mass is 10.3. The van der Waals surface area contributed by atoms with Crippen LogP contribution in [0.25, 0.3) is 0 Å². The first kappa shape index (κ1) is 19.6. The molecule has 0 bridgehead atoms. The van der Waals surface area contributed by atoms with E-state index in [0.717, 1.165) is 18.1 Å². The summed E-state index contributed by atoms with van der Waals surface area (Å²) in [5.41, 5.74) is 0. The van der Waals surface area contributed by atoms with Gasteiger partial charge in [-0.3, -0.25) is 19.3 Å². The van der Waals surface area contributed by atoms with Crippen LogP contribution in [0.1, 0.15) is 19.3 Å². The minimum atomic E-state index is -0.370. The van der Waals surface area contributed by atoms with E-state index in [0.29, 0.717) is 26.4 Å². The first-order valence-corrected chi connectivity index (χ1v) is 8.85. The van der Waals surface area contributed by atoms with Crippen molar-refractivity contribution in [1.29, 1.82) is 0 Å². The minimum Gasteiger partial charge on any atom is -0.378 e. The summed E-state index contributed by atoms with van der Waals surface area (Å²) in [6, 6.07) is 0. The Kier molecular flexibility index (Phi) is 8.58. The Morgan fingerprint density at radius 3 is 2.28 bits per heavy atom. The number of ether oxygens (including phenoxy) is 2. The molecule has 1 saturated heterocycles. The molecule has 8 heteroatoms. The van der Waals surface area contributed by atoms with E-state index in [9.17, 15) is 14.4 Å². The number of amides is 3. The van der Waals surface area contributed by atoms with Crippen LogP contribution >= 0.6 is 0 Å². The summed E-state index contributed by atoms with van der Waals surface area (Å²) in [7, 11) is 0. The molecule has 0 aliphatic carbocycles.